The van der Waals surface area contributed by atoms with Gasteiger partial charge in [0.05, 0.1) is 36.7 Å². The van der Waals surface area contributed by atoms with E-state index >= 15 is 0 Å². The van der Waals surface area contributed by atoms with Crippen LogP contribution in [-0.4, -0.2) is 56.6 Å². The SMILES string of the molecule is COC(=O)CCC(=O)OC1CS(=O)(=O)CC1SC. The van der Waals surface area contributed by atoms with Crippen molar-refractivity contribution in [3.8, 4) is 0 Å². The molecule has 1 heterocycles. The van der Waals surface area contributed by atoms with Gasteiger partial charge in [-0.2, -0.15) is 11.8 Å². The van der Waals surface area contributed by atoms with Gasteiger partial charge in [-0.15, -0.1) is 0 Å². The van der Waals surface area contributed by atoms with E-state index in [1.807, 2.05) is 0 Å². The number of ether oxygens (including phenoxy) is 2. The van der Waals surface area contributed by atoms with Crippen LogP contribution in [0.4, 0.5) is 0 Å². The van der Waals surface area contributed by atoms with Crippen molar-refractivity contribution in [2.45, 2.75) is 24.2 Å². The number of methoxy groups -OCH3 is 1. The summed E-state index contributed by atoms with van der Waals surface area (Å²) in [4.78, 5) is 22.3. The Morgan fingerprint density at radius 2 is 1.83 bits per heavy atom. The summed E-state index contributed by atoms with van der Waals surface area (Å²) in [6.07, 6.45) is 1.01. The molecule has 1 fully saturated rings. The van der Waals surface area contributed by atoms with Crippen LogP contribution >= 0.6 is 11.8 Å². The molecule has 104 valence electrons. The first-order valence-electron chi connectivity index (χ1n) is 5.37. The second-order valence-corrected chi connectivity index (χ2v) is 7.19. The van der Waals surface area contributed by atoms with Crippen LogP contribution in [0.5, 0.6) is 0 Å². The van der Waals surface area contributed by atoms with E-state index < -0.39 is 27.9 Å². The molecule has 18 heavy (non-hydrogen) atoms. The maximum absolute atomic E-state index is 11.5. The van der Waals surface area contributed by atoms with Crippen LogP contribution in [0, 0.1) is 0 Å². The molecule has 0 saturated carbocycles. The fourth-order valence-corrected chi connectivity index (χ4v) is 5.04. The zero-order chi connectivity index (χ0) is 13.8. The Morgan fingerprint density at radius 1 is 1.22 bits per heavy atom. The first-order valence-corrected chi connectivity index (χ1v) is 8.48. The lowest BCUT2D eigenvalue weighted by Crippen LogP contribution is -2.27. The van der Waals surface area contributed by atoms with E-state index in [4.69, 9.17) is 4.74 Å². The lowest BCUT2D eigenvalue weighted by atomic mass is 10.3. The van der Waals surface area contributed by atoms with Gasteiger partial charge in [0.25, 0.3) is 0 Å². The molecule has 2 unspecified atom stereocenters. The van der Waals surface area contributed by atoms with Gasteiger partial charge in [-0.1, -0.05) is 0 Å². The molecule has 0 aromatic carbocycles. The lowest BCUT2D eigenvalue weighted by molar-refractivity contribution is -0.151. The second-order valence-electron chi connectivity index (χ2n) is 3.96. The Labute approximate surface area is 110 Å². The Balaban J connectivity index is 2.46. The molecular formula is C10H16O6S2. The molecule has 0 bridgehead atoms. The predicted octanol–water partition coefficient (Wildman–Crippen LogP) is 0.0114. The van der Waals surface area contributed by atoms with Crippen LogP contribution in [0.3, 0.4) is 0 Å². The summed E-state index contributed by atoms with van der Waals surface area (Å²) in [5.41, 5.74) is 0. The molecule has 0 spiro atoms. The van der Waals surface area contributed by atoms with E-state index in [9.17, 15) is 18.0 Å². The molecule has 2 atom stereocenters. The van der Waals surface area contributed by atoms with Gasteiger partial charge in [-0.05, 0) is 6.26 Å². The van der Waals surface area contributed by atoms with Gasteiger partial charge in [-0.3, -0.25) is 9.59 Å². The summed E-state index contributed by atoms with van der Waals surface area (Å²) in [7, 11) is -1.89. The highest BCUT2D eigenvalue weighted by atomic mass is 32.2. The van der Waals surface area contributed by atoms with Gasteiger partial charge < -0.3 is 9.47 Å². The van der Waals surface area contributed by atoms with Crippen LogP contribution in [0.2, 0.25) is 0 Å². The third-order valence-electron chi connectivity index (χ3n) is 2.60. The van der Waals surface area contributed by atoms with Crippen LogP contribution in [0.1, 0.15) is 12.8 Å². The molecule has 0 aliphatic carbocycles. The lowest BCUT2D eigenvalue weighted by Gasteiger charge is -2.16. The minimum absolute atomic E-state index is 0.0309. The normalized spacial score (nSPS) is 25.7. The first-order chi connectivity index (χ1) is 8.38. The number of hydrogen-bond donors (Lipinski definition) is 0. The average Bonchev–Trinajstić information content (AvgIpc) is 2.60. The maximum Gasteiger partial charge on any atom is 0.306 e. The van der Waals surface area contributed by atoms with Crippen molar-refractivity contribution in [2.75, 3.05) is 24.9 Å². The summed E-state index contributed by atoms with van der Waals surface area (Å²) in [5.74, 6) is -1.17. The Kier molecular flexibility index (Phi) is 5.46. The quantitative estimate of drug-likeness (QED) is 0.660. The highest BCUT2D eigenvalue weighted by molar-refractivity contribution is 8.01. The summed E-state index contributed by atoms with van der Waals surface area (Å²) < 4.78 is 32.3. The Morgan fingerprint density at radius 3 is 2.39 bits per heavy atom. The molecular weight excluding hydrogens is 280 g/mol. The number of thioether (sulfide) groups is 1. The summed E-state index contributed by atoms with van der Waals surface area (Å²) >= 11 is 1.37. The number of sulfone groups is 1. The minimum atomic E-state index is -3.13. The van der Waals surface area contributed by atoms with Crippen molar-refractivity contribution in [3.05, 3.63) is 0 Å². The van der Waals surface area contributed by atoms with Crippen molar-refractivity contribution in [1.82, 2.24) is 0 Å². The van der Waals surface area contributed by atoms with Gasteiger partial charge >= 0.3 is 11.9 Å². The first kappa shape index (κ1) is 15.3. The molecule has 0 N–H and O–H groups in total. The smallest absolute Gasteiger partial charge is 0.306 e. The average molecular weight is 296 g/mol. The van der Waals surface area contributed by atoms with E-state index in [0.29, 0.717) is 0 Å². The topological polar surface area (TPSA) is 86.7 Å². The van der Waals surface area contributed by atoms with E-state index in [-0.39, 0.29) is 29.6 Å². The van der Waals surface area contributed by atoms with Crippen molar-refractivity contribution in [1.29, 1.82) is 0 Å². The monoisotopic (exact) mass is 296 g/mol. The zero-order valence-electron chi connectivity index (χ0n) is 10.2. The Bertz CT molecular complexity index is 416. The largest absolute Gasteiger partial charge is 0.469 e. The summed E-state index contributed by atoms with van der Waals surface area (Å²) in [6.45, 7) is 0. The molecule has 0 radical (unpaired) electrons. The summed E-state index contributed by atoms with van der Waals surface area (Å²) in [5, 5.41) is -0.225. The highest BCUT2D eigenvalue weighted by Crippen LogP contribution is 2.25. The molecule has 6 nitrogen and oxygen atoms in total. The fourth-order valence-electron chi connectivity index (χ4n) is 1.65. The number of carbonyl (C=O) groups is 2. The Hall–Kier alpha value is -0.760. The summed E-state index contributed by atoms with van der Waals surface area (Å²) in [6, 6.07) is 0. The minimum Gasteiger partial charge on any atom is -0.469 e. The fraction of sp³-hybridized carbons (Fsp3) is 0.800. The van der Waals surface area contributed by atoms with Gasteiger partial charge in [0.1, 0.15) is 6.10 Å². The predicted molar refractivity (Wildman–Crippen MR) is 67.1 cm³/mol. The van der Waals surface area contributed by atoms with Gasteiger partial charge in [0, 0.05) is 0 Å². The van der Waals surface area contributed by atoms with Crippen LogP contribution in [0.15, 0.2) is 0 Å². The molecule has 1 aliphatic heterocycles. The molecule has 1 saturated heterocycles. The van der Waals surface area contributed by atoms with E-state index in [1.54, 1.807) is 6.26 Å². The van der Waals surface area contributed by atoms with E-state index in [2.05, 4.69) is 4.74 Å². The molecule has 0 aromatic rings. The van der Waals surface area contributed by atoms with E-state index in [0.717, 1.165) is 0 Å². The zero-order valence-corrected chi connectivity index (χ0v) is 11.9. The number of carbonyl (C=O) groups excluding carboxylic acids is 2. The maximum atomic E-state index is 11.5. The third kappa shape index (κ3) is 4.49. The molecule has 0 amide bonds. The van der Waals surface area contributed by atoms with Gasteiger partial charge in [0.2, 0.25) is 0 Å². The molecule has 8 heteroatoms. The number of rotatable bonds is 5. The second kappa shape index (κ2) is 6.42. The third-order valence-corrected chi connectivity index (χ3v) is 5.59. The number of esters is 2. The van der Waals surface area contributed by atoms with Crippen LogP contribution < -0.4 is 0 Å². The molecule has 0 aromatic heterocycles. The van der Waals surface area contributed by atoms with Crippen molar-refractivity contribution < 1.29 is 27.5 Å². The highest BCUT2D eigenvalue weighted by Gasteiger charge is 2.39. The molecule has 1 aliphatic rings. The van der Waals surface area contributed by atoms with Gasteiger partial charge in [-0.25, -0.2) is 8.42 Å². The van der Waals surface area contributed by atoms with Crippen LogP contribution in [-0.2, 0) is 28.9 Å². The number of hydrogen-bond acceptors (Lipinski definition) is 7. The molecule has 1 rings (SSSR count). The van der Waals surface area contributed by atoms with Crippen molar-refractivity contribution in [2.24, 2.45) is 0 Å². The van der Waals surface area contributed by atoms with Crippen LogP contribution in [0.25, 0.3) is 0 Å². The van der Waals surface area contributed by atoms with Crippen molar-refractivity contribution in [3.63, 3.8) is 0 Å². The van der Waals surface area contributed by atoms with E-state index in [1.165, 1.54) is 18.9 Å². The van der Waals surface area contributed by atoms with Crippen molar-refractivity contribution >= 4 is 33.5 Å². The van der Waals surface area contributed by atoms with Gasteiger partial charge in [0.15, 0.2) is 9.84 Å². The standard InChI is InChI=1S/C10H16O6S2/c1-15-9(11)3-4-10(12)16-7-5-18(13,14)6-8(7)17-2/h7-8H,3-6H2,1-2H3.